The number of hydrogen-bond donors (Lipinski definition) is 1. The summed E-state index contributed by atoms with van der Waals surface area (Å²) in [6.45, 7) is 5.99. The van der Waals surface area contributed by atoms with E-state index in [0.717, 1.165) is 24.8 Å². The number of ether oxygens (including phenoxy) is 1. The van der Waals surface area contributed by atoms with Crippen LogP contribution in [0.2, 0.25) is 0 Å². The van der Waals surface area contributed by atoms with Crippen LogP contribution in [0, 0.1) is 6.92 Å². The van der Waals surface area contributed by atoms with Crippen LogP contribution in [0.15, 0.2) is 48.5 Å². The maximum atomic E-state index is 13.1. The summed E-state index contributed by atoms with van der Waals surface area (Å²) in [6, 6.07) is 15.4. The first kappa shape index (κ1) is 20.1. The van der Waals surface area contributed by atoms with E-state index in [2.05, 4.69) is 43.4 Å². The second-order valence-electron chi connectivity index (χ2n) is 7.28. The highest BCUT2D eigenvalue weighted by molar-refractivity contribution is 5.98. The average Bonchev–Trinajstić information content (AvgIpc) is 3.24. The van der Waals surface area contributed by atoms with Crippen LogP contribution in [0.3, 0.4) is 0 Å². The molecule has 1 aliphatic heterocycles. The molecule has 2 aromatic carbocycles. The van der Waals surface area contributed by atoms with Gasteiger partial charge >= 0.3 is 0 Å². The highest BCUT2D eigenvalue weighted by Gasteiger charge is 2.24. The van der Waals surface area contributed by atoms with Crippen molar-refractivity contribution in [1.82, 2.24) is 4.90 Å². The van der Waals surface area contributed by atoms with Gasteiger partial charge in [0.1, 0.15) is 6.10 Å². The lowest BCUT2D eigenvalue weighted by Gasteiger charge is -2.23. The molecule has 28 heavy (non-hydrogen) atoms. The fraction of sp³-hybridized carbons (Fsp3) is 0.391. The predicted molar refractivity (Wildman–Crippen MR) is 110 cm³/mol. The van der Waals surface area contributed by atoms with Crippen LogP contribution in [0.4, 0.5) is 5.69 Å². The van der Waals surface area contributed by atoms with Gasteiger partial charge in [0, 0.05) is 30.9 Å². The lowest BCUT2D eigenvalue weighted by Crippen LogP contribution is -2.31. The molecule has 0 unspecified atom stereocenters. The summed E-state index contributed by atoms with van der Waals surface area (Å²) < 4.78 is 5.42. The molecule has 148 valence electrons. The van der Waals surface area contributed by atoms with E-state index in [4.69, 9.17) is 4.74 Å². The highest BCUT2D eigenvalue weighted by atomic mass is 16.5. The molecule has 0 radical (unpaired) electrons. The smallest absolute Gasteiger partial charge is 0.254 e. The Labute approximate surface area is 166 Å². The van der Waals surface area contributed by atoms with Crippen molar-refractivity contribution in [2.24, 2.45) is 0 Å². The zero-order valence-electron chi connectivity index (χ0n) is 16.6. The number of nitrogens with one attached hydrogen (secondary N) is 1. The fourth-order valence-corrected chi connectivity index (χ4v) is 3.36. The van der Waals surface area contributed by atoms with Crippen molar-refractivity contribution in [3.05, 3.63) is 65.2 Å². The number of hydrogen-bond acceptors (Lipinski definition) is 3. The van der Waals surface area contributed by atoms with Crippen LogP contribution in [0.5, 0.6) is 0 Å². The molecule has 0 bridgehead atoms. The Morgan fingerprint density at radius 3 is 2.64 bits per heavy atom. The van der Waals surface area contributed by atoms with E-state index in [9.17, 15) is 9.59 Å². The minimum atomic E-state index is -0.391. The van der Waals surface area contributed by atoms with Crippen LogP contribution in [-0.4, -0.2) is 36.0 Å². The second-order valence-corrected chi connectivity index (χ2v) is 7.28. The van der Waals surface area contributed by atoms with Crippen LogP contribution in [0.1, 0.15) is 47.7 Å². The van der Waals surface area contributed by atoms with Crippen LogP contribution in [-0.2, 0) is 16.1 Å². The normalized spacial score (nSPS) is 16.0. The van der Waals surface area contributed by atoms with Crippen molar-refractivity contribution in [3.8, 4) is 0 Å². The summed E-state index contributed by atoms with van der Waals surface area (Å²) >= 11 is 0. The third kappa shape index (κ3) is 5.20. The number of benzene rings is 2. The topological polar surface area (TPSA) is 58.6 Å². The Bertz CT molecular complexity index is 811. The lowest BCUT2D eigenvalue weighted by atomic mass is 10.1. The van der Waals surface area contributed by atoms with E-state index >= 15 is 0 Å². The molecular formula is C23H28N2O3. The van der Waals surface area contributed by atoms with E-state index in [1.165, 1.54) is 5.56 Å². The Balaban J connectivity index is 1.71. The standard InChI is InChI=1S/C23H28N2O3/c1-3-13-25(16-18-11-9-17(2)10-12-18)23(27)19-6-4-7-20(15-19)24-22(26)21-8-5-14-28-21/h4,6-7,9-12,15,21H,3,5,8,13-14,16H2,1-2H3,(H,24,26)/t21-/m0/s1. The van der Waals surface area contributed by atoms with Crippen LogP contribution in [0.25, 0.3) is 0 Å². The number of rotatable bonds is 7. The monoisotopic (exact) mass is 380 g/mol. The van der Waals surface area contributed by atoms with Crippen LogP contribution >= 0.6 is 0 Å². The molecule has 5 heteroatoms. The van der Waals surface area contributed by atoms with Gasteiger partial charge in [0.25, 0.3) is 11.8 Å². The van der Waals surface area contributed by atoms with Gasteiger partial charge < -0.3 is 15.0 Å². The second kappa shape index (κ2) is 9.51. The molecule has 0 aromatic heterocycles. The van der Waals surface area contributed by atoms with Gasteiger partial charge in [-0.1, -0.05) is 42.8 Å². The molecule has 1 atom stereocenters. The molecule has 5 nitrogen and oxygen atoms in total. The summed E-state index contributed by atoms with van der Waals surface area (Å²) in [5, 5.41) is 2.87. The first-order chi connectivity index (χ1) is 13.6. The van der Waals surface area contributed by atoms with Gasteiger partial charge in [-0.3, -0.25) is 9.59 Å². The van der Waals surface area contributed by atoms with Gasteiger partial charge in [-0.2, -0.15) is 0 Å². The Morgan fingerprint density at radius 2 is 1.96 bits per heavy atom. The van der Waals surface area contributed by atoms with Gasteiger partial charge in [-0.05, 0) is 49.9 Å². The SMILES string of the molecule is CCCN(Cc1ccc(C)cc1)C(=O)c1cccc(NC(=O)[C@@H]2CCCO2)c1. The summed E-state index contributed by atoms with van der Waals surface area (Å²) in [5.74, 6) is -0.178. The Kier molecular flexibility index (Phi) is 6.82. The third-order valence-corrected chi connectivity index (χ3v) is 4.87. The molecule has 0 aliphatic carbocycles. The molecule has 1 fully saturated rings. The van der Waals surface area contributed by atoms with Gasteiger partial charge in [0.2, 0.25) is 0 Å². The Morgan fingerprint density at radius 1 is 1.18 bits per heavy atom. The van der Waals surface area contributed by atoms with Crippen molar-refractivity contribution in [2.75, 3.05) is 18.5 Å². The van der Waals surface area contributed by atoms with Gasteiger partial charge in [0.15, 0.2) is 0 Å². The van der Waals surface area contributed by atoms with Gasteiger partial charge in [-0.25, -0.2) is 0 Å². The number of anilines is 1. The summed E-state index contributed by atoms with van der Waals surface area (Å²) in [7, 11) is 0. The van der Waals surface area contributed by atoms with E-state index in [0.29, 0.717) is 30.9 Å². The molecular weight excluding hydrogens is 352 g/mol. The molecule has 1 N–H and O–H groups in total. The number of carbonyl (C=O) groups is 2. The number of amides is 2. The molecule has 2 amide bonds. The zero-order valence-corrected chi connectivity index (χ0v) is 16.6. The number of aryl methyl sites for hydroxylation is 1. The summed E-state index contributed by atoms with van der Waals surface area (Å²) in [5.41, 5.74) is 3.51. The maximum Gasteiger partial charge on any atom is 0.254 e. The first-order valence-electron chi connectivity index (χ1n) is 9.94. The molecule has 1 aliphatic rings. The quantitative estimate of drug-likeness (QED) is 0.784. The van der Waals surface area contributed by atoms with E-state index in [-0.39, 0.29) is 11.8 Å². The highest BCUT2D eigenvalue weighted by Crippen LogP contribution is 2.18. The molecule has 0 spiro atoms. The largest absolute Gasteiger partial charge is 0.368 e. The average molecular weight is 380 g/mol. The van der Waals surface area contributed by atoms with Crippen LogP contribution < -0.4 is 5.32 Å². The van der Waals surface area contributed by atoms with Crippen molar-refractivity contribution < 1.29 is 14.3 Å². The van der Waals surface area contributed by atoms with E-state index < -0.39 is 6.10 Å². The first-order valence-corrected chi connectivity index (χ1v) is 9.94. The lowest BCUT2D eigenvalue weighted by molar-refractivity contribution is -0.124. The molecule has 0 saturated carbocycles. The Hall–Kier alpha value is -2.66. The minimum absolute atomic E-state index is 0.0318. The van der Waals surface area contributed by atoms with Crippen molar-refractivity contribution in [3.63, 3.8) is 0 Å². The van der Waals surface area contributed by atoms with E-state index in [1.54, 1.807) is 24.3 Å². The van der Waals surface area contributed by atoms with Gasteiger partial charge in [-0.15, -0.1) is 0 Å². The van der Waals surface area contributed by atoms with Crippen molar-refractivity contribution >= 4 is 17.5 Å². The number of nitrogens with zero attached hydrogens (tertiary/aromatic N) is 1. The molecule has 2 aromatic rings. The summed E-state index contributed by atoms with van der Waals surface area (Å²) in [6.07, 6.45) is 2.14. The number of carbonyl (C=O) groups excluding carboxylic acids is 2. The molecule has 1 saturated heterocycles. The van der Waals surface area contributed by atoms with E-state index in [1.807, 2.05) is 4.90 Å². The third-order valence-electron chi connectivity index (χ3n) is 4.87. The maximum absolute atomic E-state index is 13.1. The predicted octanol–water partition coefficient (Wildman–Crippen LogP) is 4.16. The van der Waals surface area contributed by atoms with Crippen molar-refractivity contribution in [2.45, 2.75) is 45.8 Å². The summed E-state index contributed by atoms with van der Waals surface area (Å²) in [4.78, 5) is 27.2. The molecule has 1 heterocycles. The molecule has 3 rings (SSSR count). The van der Waals surface area contributed by atoms with Gasteiger partial charge in [0.05, 0.1) is 0 Å². The van der Waals surface area contributed by atoms with Crippen molar-refractivity contribution in [1.29, 1.82) is 0 Å². The zero-order chi connectivity index (χ0) is 19.9. The fourth-order valence-electron chi connectivity index (χ4n) is 3.36. The minimum Gasteiger partial charge on any atom is -0.368 e.